The van der Waals surface area contributed by atoms with Crippen LogP contribution in [-0.2, 0) is 16.6 Å². The Morgan fingerprint density at radius 3 is 2.48 bits per heavy atom. The van der Waals surface area contributed by atoms with Crippen molar-refractivity contribution >= 4 is 10.0 Å². The first kappa shape index (κ1) is 18.1. The first-order valence-electron chi connectivity index (χ1n) is 7.11. The Hall–Kier alpha value is -0.950. The lowest BCUT2D eigenvalue weighted by atomic mass is 10.0. The van der Waals surface area contributed by atoms with Gasteiger partial charge >= 0.3 is 0 Å². The molecular weight excluding hydrogens is 288 g/mol. The number of nitrogens with one attached hydrogen (secondary N) is 1. The van der Waals surface area contributed by atoms with Crippen LogP contribution in [0.1, 0.15) is 25.8 Å². The summed E-state index contributed by atoms with van der Waals surface area (Å²) >= 11 is 0. The highest BCUT2D eigenvalue weighted by atomic mass is 32.2. The summed E-state index contributed by atoms with van der Waals surface area (Å²) in [7, 11) is 0.278. The highest BCUT2D eigenvalue weighted by Crippen LogP contribution is 2.14. The molecule has 0 aliphatic rings. The molecule has 0 fully saturated rings. The second kappa shape index (κ2) is 7.89. The molecule has 1 aromatic rings. The average Bonchev–Trinajstić information content (AvgIpc) is 2.36. The van der Waals surface area contributed by atoms with Gasteiger partial charge in [-0.05, 0) is 44.1 Å². The minimum Gasteiger partial charge on any atom is -0.392 e. The van der Waals surface area contributed by atoms with Crippen molar-refractivity contribution in [2.45, 2.75) is 37.8 Å². The highest BCUT2D eigenvalue weighted by Gasteiger charge is 2.21. The van der Waals surface area contributed by atoms with Crippen molar-refractivity contribution in [2.24, 2.45) is 5.92 Å². The maximum absolute atomic E-state index is 12.5. The molecule has 1 rings (SSSR count). The Morgan fingerprint density at radius 2 is 1.95 bits per heavy atom. The minimum absolute atomic E-state index is 0.136. The third-order valence-corrected chi connectivity index (χ3v) is 4.57. The van der Waals surface area contributed by atoms with E-state index in [2.05, 4.69) is 18.6 Å². The largest absolute Gasteiger partial charge is 0.392 e. The molecule has 0 aliphatic heterocycles. The predicted octanol–water partition coefficient (Wildman–Crippen LogP) is 1.43. The van der Waals surface area contributed by atoms with Gasteiger partial charge in [-0.3, -0.25) is 0 Å². The Morgan fingerprint density at radius 1 is 1.29 bits per heavy atom. The topological polar surface area (TPSA) is 69.6 Å². The Kier molecular flexibility index (Phi) is 6.80. The van der Waals surface area contributed by atoms with Crippen LogP contribution in [0.2, 0.25) is 0 Å². The van der Waals surface area contributed by atoms with Gasteiger partial charge in [-0.1, -0.05) is 26.0 Å². The van der Waals surface area contributed by atoms with Crippen LogP contribution in [0, 0.1) is 5.92 Å². The van der Waals surface area contributed by atoms with Gasteiger partial charge in [-0.2, -0.15) is 0 Å². The zero-order chi connectivity index (χ0) is 16.0. The van der Waals surface area contributed by atoms with Gasteiger partial charge in [0.2, 0.25) is 10.0 Å². The molecule has 5 nitrogen and oxygen atoms in total. The molecule has 1 aromatic carbocycles. The van der Waals surface area contributed by atoms with Crippen LogP contribution in [-0.4, -0.2) is 45.1 Å². The summed E-state index contributed by atoms with van der Waals surface area (Å²) in [5, 5.41) is 9.13. The number of benzene rings is 1. The fraction of sp³-hybridized carbons (Fsp3) is 0.600. The molecule has 6 heteroatoms. The fourth-order valence-corrected chi connectivity index (χ4v) is 3.58. The Balaban J connectivity index is 2.93. The number of hydrogen-bond donors (Lipinski definition) is 2. The van der Waals surface area contributed by atoms with Gasteiger partial charge in [0.05, 0.1) is 11.5 Å². The summed E-state index contributed by atoms with van der Waals surface area (Å²) in [5.74, 6) is 0.404. The molecule has 21 heavy (non-hydrogen) atoms. The third kappa shape index (κ3) is 6.13. The molecule has 120 valence electrons. The van der Waals surface area contributed by atoms with Crippen molar-refractivity contribution in [3.8, 4) is 0 Å². The van der Waals surface area contributed by atoms with Crippen molar-refractivity contribution in [3.05, 3.63) is 29.8 Å². The molecule has 0 amide bonds. The smallest absolute Gasteiger partial charge is 0.240 e. The molecule has 1 unspecified atom stereocenters. The van der Waals surface area contributed by atoms with E-state index in [4.69, 9.17) is 5.11 Å². The van der Waals surface area contributed by atoms with Crippen LogP contribution in [0.25, 0.3) is 0 Å². The van der Waals surface area contributed by atoms with E-state index in [9.17, 15) is 8.42 Å². The number of aliphatic hydroxyl groups excluding tert-OH is 1. The summed E-state index contributed by atoms with van der Waals surface area (Å²) < 4.78 is 27.7. The van der Waals surface area contributed by atoms with E-state index in [0.717, 1.165) is 6.42 Å². The number of likely N-dealkylation sites (N-methyl/N-ethyl adjacent to an activating group) is 1. The van der Waals surface area contributed by atoms with Gasteiger partial charge in [0, 0.05) is 12.6 Å². The van der Waals surface area contributed by atoms with Crippen LogP contribution in [0.5, 0.6) is 0 Å². The lowest BCUT2D eigenvalue weighted by Crippen LogP contribution is -2.42. The average molecular weight is 314 g/mol. The summed E-state index contributed by atoms with van der Waals surface area (Å²) in [6, 6.07) is 6.25. The van der Waals surface area contributed by atoms with E-state index >= 15 is 0 Å². The van der Waals surface area contributed by atoms with Crippen molar-refractivity contribution in [2.75, 3.05) is 20.6 Å². The zero-order valence-corrected chi connectivity index (χ0v) is 14.0. The lowest BCUT2D eigenvalue weighted by Gasteiger charge is -2.24. The summed E-state index contributed by atoms with van der Waals surface area (Å²) in [6.45, 7) is 4.63. The van der Waals surface area contributed by atoms with Gasteiger partial charge in [0.15, 0.2) is 0 Å². The zero-order valence-electron chi connectivity index (χ0n) is 13.2. The van der Waals surface area contributed by atoms with Crippen LogP contribution in [0.4, 0.5) is 0 Å². The Bertz CT molecular complexity index is 532. The van der Waals surface area contributed by atoms with E-state index in [-0.39, 0.29) is 17.5 Å². The summed E-state index contributed by atoms with van der Waals surface area (Å²) in [4.78, 5) is 2.17. The minimum atomic E-state index is -3.57. The number of aliphatic hydroxyl groups is 1. The van der Waals surface area contributed by atoms with Crippen molar-refractivity contribution in [3.63, 3.8) is 0 Å². The Labute approximate surface area is 128 Å². The second-order valence-electron chi connectivity index (χ2n) is 6.02. The highest BCUT2D eigenvalue weighted by molar-refractivity contribution is 7.89. The lowest BCUT2D eigenvalue weighted by molar-refractivity contribution is 0.281. The fourth-order valence-electron chi connectivity index (χ4n) is 2.27. The molecule has 1 atom stereocenters. The standard InChI is InChI=1S/C15H26N2O3S/c1-12(2)8-14(10-17(3)4)16-21(19,20)15-7-5-6-13(9-15)11-18/h5-7,9,12,14,16,18H,8,10-11H2,1-4H3. The van der Waals surface area contributed by atoms with Crippen molar-refractivity contribution in [1.82, 2.24) is 9.62 Å². The van der Waals surface area contributed by atoms with Gasteiger partial charge in [-0.15, -0.1) is 0 Å². The van der Waals surface area contributed by atoms with Crippen molar-refractivity contribution < 1.29 is 13.5 Å². The SMILES string of the molecule is CC(C)CC(CN(C)C)NS(=O)(=O)c1cccc(CO)c1. The van der Waals surface area contributed by atoms with Crippen molar-refractivity contribution in [1.29, 1.82) is 0 Å². The number of hydrogen-bond acceptors (Lipinski definition) is 4. The quantitative estimate of drug-likeness (QED) is 0.762. The molecule has 0 saturated carbocycles. The normalized spacial score (nSPS) is 13.9. The van der Waals surface area contributed by atoms with E-state index in [1.807, 2.05) is 19.0 Å². The van der Waals surface area contributed by atoms with E-state index < -0.39 is 10.0 Å². The van der Waals surface area contributed by atoms with Gasteiger partial charge < -0.3 is 10.0 Å². The summed E-state index contributed by atoms with van der Waals surface area (Å²) in [6.07, 6.45) is 0.775. The molecule has 0 aromatic heterocycles. The van der Waals surface area contributed by atoms with Crippen LogP contribution in [0.15, 0.2) is 29.2 Å². The van der Waals surface area contributed by atoms with E-state index in [1.54, 1.807) is 18.2 Å². The molecule has 0 radical (unpaired) electrons. The number of sulfonamides is 1. The van der Waals surface area contributed by atoms with Gasteiger partial charge in [-0.25, -0.2) is 13.1 Å². The molecule has 0 bridgehead atoms. The van der Waals surface area contributed by atoms with Crippen LogP contribution in [0.3, 0.4) is 0 Å². The van der Waals surface area contributed by atoms with Crippen LogP contribution < -0.4 is 4.72 Å². The first-order valence-corrected chi connectivity index (χ1v) is 8.59. The molecule has 0 aliphatic carbocycles. The van der Waals surface area contributed by atoms with E-state index in [0.29, 0.717) is 18.0 Å². The predicted molar refractivity (Wildman–Crippen MR) is 84.5 cm³/mol. The van der Waals surface area contributed by atoms with Gasteiger partial charge in [0.1, 0.15) is 0 Å². The first-order chi connectivity index (χ1) is 9.74. The number of rotatable bonds is 8. The maximum atomic E-state index is 12.5. The molecular formula is C15H26N2O3S. The monoisotopic (exact) mass is 314 g/mol. The third-order valence-electron chi connectivity index (χ3n) is 3.05. The van der Waals surface area contributed by atoms with Gasteiger partial charge in [0.25, 0.3) is 0 Å². The summed E-state index contributed by atoms with van der Waals surface area (Å²) in [5.41, 5.74) is 0.589. The molecule has 0 heterocycles. The van der Waals surface area contributed by atoms with Crippen LogP contribution >= 0.6 is 0 Å². The molecule has 0 saturated heterocycles. The second-order valence-corrected chi connectivity index (χ2v) is 7.73. The number of nitrogens with zero attached hydrogens (tertiary/aromatic N) is 1. The molecule has 0 spiro atoms. The van der Waals surface area contributed by atoms with E-state index in [1.165, 1.54) is 6.07 Å². The maximum Gasteiger partial charge on any atom is 0.240 e. The molecule has 2 N–H and O–H groups in total.